The van der Waals surface area contributed by atoms with Crippen LogP contribution in [0.4, 0.5) is 0 Å². The minimum Gasteiger partial charge on any atom is -0.494 e. The Hall–Kier alpha value is -0.100. The molecular formula is C11H15Br2NO2. The van der Waals surface area contributed by atoms with Crippen molar-refractivity contribution in [3.8, 4) is 5.75 Å². The Labute approximate surface area is 112 Å². The van der Waals surface area contributed by atoms with E-state index in [1.165, 1.54) is 0 Å². The van der Waals surface area contributed by atoms with Gasteiger partial charge in [-0.15, -0.1) is 0 Å². The molecule has 0 aliphatic rings. The SMILES string of the molecule is COc1c(Br)cc(CNCCCO)cc1Br. The molecule has 0 aliphatic carbocycles. The van der Waals surface area contributed by atoms with Crippen LogP contribution in [0.1, 0.15) is 12.0 Å². The minimum absolute atomic E-state index is 0.225. The summed E-state index contributed by atoms with van der Waals surface area (Å²) >= 11 is 6.92. The number of halogens is 2. The average molecular weight is 353 g/mol. The third-order valence-corrected chi connectivity index (χ3v) is 3.28. The van der Waals surface area contributed by atoms with E-state index >= 15 is 0 Å². The summed E-state index contributed by atoms with van der Waals surface area (Å²) in [5, 5.41) is 11.9. The third kappa shape index (κ3) is 4.05. The number of hydrogen-bond donors (Lipinski definition) is 2. The second-order valence-electron chi connectivity index (χ2n) is 3.35. The summed E-state index contributed by atoms with van der Waals surface area (Å²) in [5.74, 6) is 0.805. The second kappa shape index (κ2) is 7.27. The van der Waals surface area contributed by atoms with Crippen molar-refractivity contribution in [3.05, 3.63) is 26.6 Å². The van der Waals surface area contributed by atoms with Crippen molar-refractivity contribution in [1.82, 2.24) is 5.32 Å². The number of methoxy groups -OCH3 is 1. The first-order chi connectivity index (χ1) is 7.69. The van der Waals surface area contributed by atoms with Gasteiger partial charge < -0.3 is 15.2 Å². The van der Waals surface area contributed by atoms with Crippen LogP contribution in [0.5, 0.6) is 5.75 Å². The lowest BCUT2D eigenvalue weighted by Crippen LogP contribution is -2.15. The van der Waals surface area contributed by atoms with Crippen molar-refractivity contribution in [2.24, 2.45) is 0 Å². The highest BCUT2D eigenvalue weighted by Gasteiger charge is 2.07. The molecule has 0 unspecified atom stereocenters. The van der Waals surface area contributed by atoms with Gasteiger partial charge >= 0.3 is 0 Å². The third-order valence-electron chi connectivity index (χ3n) is 2.10. The van der Waals surface area contributed by atoms with Gasteiger partial charge in [-0.1, -0.05) is 0 Å². The summed E-state index contributed by atoms with van der Waals surface area (Å²) in [6, 6.07) is 4.05. The molecule has 0 atom stereocenters. The van der Waals surface area contributed by atoms with Crippen LogP contribution in [0.2, 0.25) is 0 Å². The monoisotopic (exact) mass is 351 g/mol. The zero-order valence-electron chi connectivity index (χ0n) is 9.09. The molecule has 0 heterocycles. The number of aliphatic hydroxyl groups is 1. The molecule has 0 fully saturated rings. The molecule has 0 amide bonds. The van der Waals surface area contributed by atoms with Crippen LogP contribution in [0.3, 0.4) is 0 Å². The summed E-state index contributed by atoms with van der Waals surface area (Å²) < 4.78 is 7.09. The summed E-state index contributed by atoms with van der Waals surface area (Å²) in [7, 11) is 1.64. The maximum atomic E-state index is 8.65. The van der Waals surface area contributed by atoms with Crippen molar-refractivity contribution in [2.45, 2.75) is 13.0 Å². The van der Waals surface area contributed by atoms with Crippen LogP contribution in [0.25, 0.3) is 0 Å². The number of benzene rings is 1. The average Bonchev–Trinajstić information content (AvgIpc) is 2.24. The predicted molar refractivity (Wildman–Crippen MR) is 71.8 cm³/mol. The first kappa shape index (κ1) is 14.0. The lowest BCUT2D eigenvalue weighted by molar-refractivity contribution is 0.286. The highest BCUT2D eigenvalue weighted by Crippen LogP contribution is 2.34. The van der Waals surface area contributed by atoms with E-state index in [4.69, 9.17) is 9.84 Å². The van der Waals surface area contributed by atoms with Crippen LogP contribution < -0.4 is 10.1 Å². The zero-order chi connectivity index (χ0) is 12.0. The number of aliphatic hydroxyl groups excluding tert-OH is 1. The van der Waals surface area contributed by atoms with Gasteiger partial charge in [-0.3, -0.25) is 0 Å². The highest BCUT2D eigenvalue weighted by molar-refractivity contribution is 9.11. The summed E-state index contributed by atoms with van der Waals surface area (Å²) in [6.07, 6.45) is 0.776. The van der Waals surface area contributed by atoms with Gasteiger partial charge in [0.05, 0.1) is 16.1 Å². The molecule has 0 aromatic heterocycles. The molecule has 0 saturated carbocycles. The van der Waals surface area contributed by atoms with Gasteiger partial charge in [-0.25, -0.2) is 0 Å². The standard InChI is InChI=1S/C11H15Br2NO2/c1-16-11-9(12)5-8(6-10(11)13)7-14-3-2-4-15/h5-6,14-15H,2-4,7H2,1H3. The molecule has 5 heteroatoms. The molecule has 0 radical (unpaired) electrons. The molecular weight excluding hydrogens is 338 g/mol. The van der Waals surface area contributed by atoms with Gasteiger partial charge in [0, 0.05) is 13.2 Å². The van der Waals surface area contributed by atoms with Crippen molar-refractivity contribution < 1.29 is 9.84 Å². The largest absolute Gasteiger partial charge is 0.494 e. The Balaban J connectivity index is 2.61. The lowest BCUT2D eigenvalue weighted by atomic mass is 10.2. The minimum atomic E-state index is 0.225. The van der Waals surface area contributed by atoms with Crippen molar-refractivity contribution >= 4 is 31.9 Å². The normalized spacial score (nSPS) is 10.5. The van der Waals surface area contributed by atoms with Crippen LogP contribution in [-0.4, -0.2) is 25.4 Å². The molecule has 0 bridgehead atoms. The molecule has 0 saturated heterocycles. The maximum absolute atomic E-state index is 8.65. The Morgan fingerprint density at radius 1 is 1.31 bits per heavy atom. The Kier molecular flexibility index (Phi) is 6.34. The first-order valence-electron chi connectivity index (χ1n) is 5.02. The molecule has 1 aromatic carbocycles. The van der Waals surface area contributed by atoms with Gasteiger partial charge in [0.25, 0.3) is 0 Å². The van der Waals surface area contributed by atoms with E-state index in [2.05, 4.69) is 37.2 Å². The van der Waals surface area contributed by atoms with E-state index in [1.54, 1.807) is 7.11 Å². The van der Waals surface area contributed by atoms with E-state index in [0.717, 1.165) is 39.8 Å². The highest BCUT2D eigenvalue weighted by atomic mass is 79.9. The molecule has 1 aromatic rings. The summed E-state index contributed by atoms with van der Waals surface area (Å²) in [6.45, 7) is 1.82. The number of rotatable bonds is 6. The smallest absolute Gasteiger partial charge is 0.147 e. The van der Waals surface area contributed by atoms with Gasteiger partial charge in [-0.05, 0) is 62.5 Å². The molecule has 3 nitrogen and oxygen atoms in total. The van der Waals surface area contributed by atoms with Crippen LogP contribution in [0, 0.1) is 0 Å². The predicted octanol–water partition coefficient (Wildman–Crippen LogP) is 2.69. The van der Waals surface area contributed by atoms with Crippen molar-refractivity contribution in [2.75, 3.05) is 20.3 Å². The zero-order valence-corrected chi connectivity index (χ0v) is 12.3. The first-order valence-corrected chi connectivity index (χ1v) is 6.61. The fourth-order valence-corrected chi connectivity index (χ4v) is 2.95. The van der Waals surface area contributed by atoms with Crippen LogP contribution >= 0.6 is 31.9 Å². The van der Waals surface area contributed by atoms with Crippen molar-refractivity contribution in [3.63, 3.8) is 0 Å². The Morgan fingerprint density at radius 3 is 2.44 bits per heavy atom. The van der Waals surface area contributed by atoms with Gasteiger partial charge in [-0.2, -0.15) is 0 Å². The van der Waals surface area contributed by atoms with Crippen LogP contribution in [-0.2, 0) is 6.54 Å². The van der Waals surface area contributed by atoms with Crippen LogP contribution in [0.15, 0.2) is 21.1 Å². The molecule has 0 spiro atoms. The lowest BCUT2D eigenvalue weighted by Gasteiger charge is -2.09. The molecule has 90 valence electrons. The van der Waals surface area contributed by atoms with E-state index in [1.807, 2.05) is 12.1 Å². The Bertz CT molecular complexity index is 322. The molecule has 2 N–H and O–H groups in total. The van der Waals surface area contributed by atoms with E-state index in [9.17, 15) is 0 Å². The molecule has 1 rings (SSSR count). The summed E-state index contributed by atoms with van der Waals surface area (Å²) in [4.78, 5) is 0. The second-order valence-corrected chi connectivity index (χ2v) is 5.06. The molecule has 16 heavy (non-hydrogen) atoms. The number of hydrogen-bond acceptors (Lipinski definition) is 3. The number of ether oxygens (including phenoxy) is 1. The van der Waals surface area contributed by atoms with E-state index < -0.39 is 0 Å². The quantitative estimate of drug-likeness (QED) is 0.773. The summed E-state index contributed by atoms with van der Waals surface area (Å²) in [5.41, 5.74) is 1.16. The maximum Gasteiger partial charge on any atom is 0.147 e. The fourth-order valence-electron chi connectivity index (χ4n) is 1.35. The molecule has 0 aliphatic heterocycles. The fraction of sp³-hybridized carbons (Fsp3) is 0.455. The van der Waals surface area contributed by atoms with Crippen molar-refractivity contribution in [1.29, 1.82) is 0 Å². The van der Waals surface area contributed by atoms with E-state index in [-0.39, 0.29) is 6.61 Å². The number of nitrogens with one attached hydrogen (secondary N) is 1. The topological polar surface area (TPSA) is 41.5 Å². The van der Waals surface area contributed by atoms with Gasteiger partial charge in [0.15, 0.2) is 0 Å². The van der Waals surface area contributed by atoms with Gasteiger partial charge in [0.2, 0.25) is 0 Å². The van der Waals surface area contributed by atoms with Gasteiger partial charge in [0.1, 0.15) is 5.75 Å². The van der Waals surface area contributed by atoms with E-state index in [0.29, 0.717) is 0 Å². The Morgan fingerprint density at radius 2 is 1.94 bits per heavy atom.